The Morgan fingerprint density at radius 1 is 1.05 bits per heavy atom. The van der Waals surface area contributed by atoms with Crippen molar-refractivity contribution < 1.29 is 19.1 Å². The van der Waals surface area contributed by atoms with E-state index < -0.39 is 0 Å². The summed E-state index contributed by atoms with van der Waals surface area (Å²) in [6.45, 7) is 4.64. The van der Waals surface area contributed by atoms with Crippen molar-refractivity contribution in [2.75, 3.05) is 13.2 Å². The number of Topliss-reactive ketones (excluding diaryl/α,β-unsaturated/α-hetero) is 1. The van der Waals surface area contributed by atoms with Gasteiger partial charge in [-0.1, -0.05) is 6.92 Å². The molecule has 0 unspecified atom stereocenters. The molecule has 110 valence electrons. The highest BCUT2D eigenvalue weighted by molar-refractivity contribution is 5.96. The average Bonchev–Trinajstić information content (AvgIpc) is 2.45. The number of ketones is 1. The molecule has 0 aliphatic rings. The van der Waals surface area contributed by atoms with E-state index in [0.29, 0.717) is 43.8 Å². The highest BCUT2D eigenvalue weighted by Crippen LogP contribution is 2.14. The second-order valence-corrected chi connectivity index (χ2v) is 4.45. The smallest absolute Gasteiger partial charge is 0.305 e. The third-order valence-corrected chi connectivity index (χ3v) is 2.75. The lowest BCUT2D eigenvalue weighted by molar-refractivity contribution is -0.143. The van der Waals surface area contributed by atoms with E-state index in [-0.39, 0.29) is 11.8 Å². The van der Waals surface area contributed by atoms with Crippen molar-refractivity contribution in [3.8, 4) is 5.75 Å². The number of rotatable bonds is 9. The van der Waals surface area contributed by atoms with Crippen LogP contribution in [0.2, 0.25) is 0 Å². The molecule has 0 amide bonds. The van der Waals surface area contributed by atoms with Crippen LogP contribution in [-0.4, -0.2) is 25.0 Å². The minimum atomic E-state index is -0.198. The third-order valence-electron chi connectivity index (χ3n) is 2.75. The maximum absolute atomic E-state index is 11.7. The quantitative estimate of drug-likeness (QED) is 0.395. The molecule has 0 heterocycles. The topological polar surface area (TPSA) is 52.6 Å². The highest BCUT2D eigenvalue weighted by Gasteiger charge is 2.05. The molecular weight excluding hydrogens is 256 g/mol. The summed E-state index contributed by atoms with van der Waals surface area (Å²) in [4.78, 5) is 22.8. The van der Waals surface area contributed by atoms with Crippen LogP contribution in [0.25, 0.3) is 0 Å². The number of carbonyl (C=O) groups excluding carboxylic acids is 2. The maximum Gasteiger partial charge on any atom is 0.305 e. The molecule has 0 spiro atoms. The summed E-state index contributed by atoms with van der Waals surface area (Å²) < 4.78 is 10.3. The minimum Gasteiger partial charge on any atom is -0.494 e. The Hall–Kier alpha value is -1.84. The molecule has 0 atom stereocenters. The van der Waals surface area contributed by atoms with Gasteiger partial charge in [0.05, 0.1) is 13.2 Å². The van der Waals surface area contributed by atoms with Crippen molar-refractivity contribution in [1.29, 1.82) is 0 Å². The molecule has 0 aliphatic heterocycles. The Bertz CT molecular complexity index is 423. The van der Waals surface area contributed by atoms with E-state index in [9.17, 15) is 9.59 Å². The van der Waals surface area contributed by atoms with Gasteiger partial charge in [-0.25, -0.2) is 0 Å². The van der Waals surface area contributed by atoms with Crippen molar-refractivity contribution in [2.45, 2.75) is 39.5 Å². The van der Waals surface area contributed by atoms with E-state index in [0.717, 1.165) is 6.42 Å². The fraction of sp³-hybridized carbons (Fsp3) is 0.500. The molecule has 0 saturated heterocycles. The number of hydrogen-bond acceptors (Lipinski definition) is 4. The molecule has 1 aromatic rings. The molecule has 4 heteroatoms. The van der Waals surface area contributed by atoms with Crippen molar-refractivity contribution in [3.05, 3.63) is 29.8 Å². The van der Waals surface area contributed by atoms with Crippen LogP contribution in [0.3, 0.4) is 0 Å². The van der Waals surface area contributed by atoms with E-state index in [2.05, 4.69) is 0 Å². The predicted octanol–water partition coefficient (Wildman–Crippen LogP) is 3.39. The first kappa shape index (κ1) is 16.2. The molecule has 0 bridgehead atoms. The van der Waals surface area contributed by atoms with Gasteiger partial charge < -0.3 is 9.47 Å². The van der Waals surface area contributed by atoms with Crippen LogP contribution in [-0.2, 0) is 9.53 Å². The van der Waals surface area contributed by atoms with Gasteiger partial charge in [0.15, 0.2) is 5.78 Å². The molecule has 0 fully saturated rings. The van der Waals surface area contributed by atoms with Crippen LogP contribution in [0.5, 0.6) is 5.75 Å². The average molecular weight is 278 g/mol. The number of hydrogen-bond donors (Lipinski definition) is 0. The Kier molecular flexibility index (Phi) is 7.40. The van der Waals surface area contributed by atoms with E-state index >= 15 is 0 Å². The highest BCUT2D eigenvalue weighted by atomic mass is 16.5. The number of carbonyl (C=O) groups is 2. The summed E-state index contributed by atoms with van der Waals surface area (Å²) in [5.74, 6) is 0.667. The van der Waals surface area contributed by atoms with Gasteiger partial charge in [0.25, 0.3) is 0 Å². The number of esters is 1. The first-order chi connectivity index (χ1) is 9.67. The third kappa shape index (κ3) is 5.87. The van der Waals surface area contributed by atoms with Crippen molar-refractivity contribution in [2.24, 2.45) is 0 Å². The van der Waals surface area contributed by atoms with Crippen molar-refractivity contribution in [3.63, 3.8) is 0 Å². The lowest BCUT2D eigenvalue weighted by atomic mass is 10.1. The lowest BCUT2D eigenvalue weighted by Crippen LogP contribution is -2.06. The molecule has 0 aliphatic carbocycles. The molecule has 0 aromatic heterocycles. The molecular formula is C16H22O4. The van der Waals surface area contributed by atoms with Gasteiger partial charge in [-0.2, -0.15) is 0 Å². The standard InChI is InChI=1S/C16H22O4/c1-3-6-15(17)13-8-10-14(11-9-13)20-12-5-7-16(18)19-4-2/h8-11H,3-7,12H2,1-2H3. The first-order valence-electron chi connectivity index (χ1n) is 7.09. The van der Waals surface area contributed by atoms with Crippen LogP contribution in [0, 0.1) is 0 Å². The fourth-order valence-electron chi connectivity index (χ4n) is 1.75. The molecule has 0 radical (unpaired) electrons. The Morgan fingerprint density at radius 2 is 1.75 bits per heavy atom. The van der Waals surface area contributed by atoms with Crippen molar-refractivity contribution >= 4 is 11.8 Å². The zero-order chi connectivity index (χ0) is 14.8. The SMILES string of the molecule is CCCC(=O)c1ccc(OCCCC(=O)OCC)cc1. The Labute approximate surface area is 120 Å². The van der Waals surface area contributed by atoms with Gasteiger partial charge in [-0.3, -0.25) is 9.59 Å². The van der Waals surface area contributed by atoms with E-state index in [4.69, 9.17) is 9.47 Å². The van der Waals surface area contributed by atoms with E-state index in [1.165, 1.54) is 0 Å². The first-order valence-corrected chi connectivity index (χ1v) is 7.09. The van der Waals surface area contributed by atoms with Crippen LogP contribution in [0.4, 0.5) is 0 Å². The molecule has 4 nitrogen and oxygen atoms in total. The zero-order valence-corrected chi connectivity index (χ0v) is 12.2. The summed E-state index contributed by atoms with van der Waals surface area (Å²) in [7, 11) is 0. The fourth-order valence-corrected chi connectivity index (χ4v) is 1.75. The monoisotopic (exact) mass is 278 g/mol. The van der Waals surface area contributed by atoms with Crippen LogP contribution in [0.1, 0.15) is 49.9 Å². The number of ether oxygens (including phenoxy) is 2. The minimum absolute atomic E-state index is 0.154. The maximum atomic E-state index is 11.7. The van der Waals surface area contributed by atoms with Crippen molar-refractivity contribution in [1.82, 2.24) is 0 Å². The van der Waals surface area contributed by atoms with Crippen LogP contribution >= 0.6 is 0 Å². The van der Waals surface area contributed by atoms with Gasteiger partial charge in [0, 0.05) is 18.4 Å². The van der Waals surface area contributed by atoms with E-state index in [1.807, 2.05) is 6.92 Å². The summed E-state index contributed by atoms with van der Waals surface area (Å²) >= 11 is 0. The normalized spacial score (nSPS) is 10.1. The zero-order valence-electron chi connectivity index (χ0n) is 12.2. The molecule has 0 saturated carbocycles. The predicted molar refractivity (Wildman–Crippen MR) is 77.0 cm³/mol. The molecule has 1 aromatic carbocycles. The summed E-state index contributed by atoms with van der Waals surface area (Å²) in [6, 6.07) is 7.12. The van der Waals surface area contributed by atoms with Gasteiger partial charge in [0.2, 0.25) is 0 Å². The summed E-state index contributed by atoms with van der Waals surface area (Å²) in [6.07, 6.45) is 2.40. The van der Waals surface area contributed by atoms with Gasteiger partial charge in [-0.05, 0) is 44.0 Å². The second-order valence-electron chi connectivity index (χ2n) is 4.45. The van der Waals surface area contributed by atoms with E-state index in [1.54, 1.807) is 31.2 Å². The lowest BCUT2D eigenvalue weighted by Gasteiger charge is -2.07. The van der Waals surface area contributed by atoms with Gasteiger partial charge >= 0.3 is 5.97 Å². The Balaban J connectivity index is 2.31. The number of benzene rings is 1. The largest absolute Gasteiger partial charge is 0.494 e. The summed E-state index contributed by atoms with van der Waals surface area (Å²) in [5, 5.41) is 0. The van der Waals surface area contributed by atoms with Gasteiger partial charge in [0.1, 0.15) is 5.75 Å². The van der Waals surface area contributed by atoms with Crippen LogP contribution < -0.4 is 4.74 Å². The molecule has 1 rings (SSSR count). The summed E-state index contributed by atoms with van der Waals surface area (Å²) in [5.41, 5.74) is 0.714. The van der Waals surface area contributed by atoms with Gasteiger partial charge in [-0.15, -0.1) is 0 Å². The Morgan fingerprint density at radius 3 is 2.35 bits per heavy atom. The second kappa shape index (κ2) is 9.13. The molecule has 0 N–H and O–H groups in total. The molecule has 20 heavy (non-hydrogen) atoms. The van der Waals surface area contributed by atoms with Crippen LogP contribution in [0.15, 0.2) is 24.3 Å².